The first-order valence-electron chi connectivity index (χ1n) is 6.87. The van der Waals surface area contributed by atoms with Crippen LogP contribution < -0.4 is 16.8 Å². The Kier molecular flexibility index (Phi) is 5.45. The van der Waals surface area contributed by atoms with E-state index in [1.807, 2.05) is 42.6 Å². The lowest BCUT2D eigenvalue weighted by molar-refractivity contribution is 1.07. The molecule has 0 fully saturated rings. The maximum Gasteiger partial charge on any atom is 0.0379 e. The van der Waals surface area contributed by atoms with Gasteiger partial charge < -0.3 is 22.2 Å². The van der Waals surface area contributed by atoms with Gasteiger partial charge >= 0.3 is 0 Å². The maximum atomic E-state index is 7.40. The predicted octanol–water partition coefficient (Wildman–Crippen LogP) is 2.57. The summed E-state index contributed by atoms with van der Waals surface area (Å²) in [4.78, 5) is 4.11. The summed E-state index contributed by atoms with van der Waals surface area (Å²) < 4.78 is 0. The Labute approximate surface area is 129 Å². The zero-order chi connectivity index (χ0) is 15.8. The molecule has 6 N–H and O–H groups in total. The molecule has 0 atom stereocenters. The van der Waals surface area contributed by atoms with E-state index in [1.165, 1.54) is 12.4 Å². The summed E-state index contributed by atoms with van der Waals surface area (Å²) in [6, 6.07) is 9.74. The van der Waals surface area contributed by atoms with Crippen molar-refractivity contribution in [3.63, 3.8) is 0 Å². The van der Waals surface area contributed by atoms with E-state index in [0.29, 0.717) is 12.1 Å². The molecule has 0 aliphatic heterocycles. The van der Waals surface area contributed by atoms with Crippen molar-refractivity contribution < 1.29 is 0 Å². The number of aromatic nitrogens is 1. The number of rotatable bonds is 6. The number of nitrogens with one attached hydrogen (secondary N) is 2. The molecule has 0 amide bonds. The summed E-state index contributed by atoms with van der Waals surface area (Å²) in [6.07, 6.45) is 9.78. The summed E-state index contributed by atoms with van der Waals surface area (Å²) in [5.74, 6) is 0. The van der Waals surface area contributed by atoms with Crippen molar-refractivity contribution in [2.75, 3.05) is 5.32 Å². The van der Waals surface area contributed by atoms with Crippen LogP contribution in [0.1, 0.15) is 16.7 Å². The van der Waals surface area contributed by atoms with Crippen LogP contribution in [0.25, 0.3) is 11.6 Å². The second-order valence-electron chi connectivity index (χ2n) is 4.61. The molecule has 2 rings (SSSR count). The Morgan fingerprint density at radius 3 is 2.64 bits per heavy atom. The van der Waals surface area contributed by atoms with Gasteiger partial charge in [-0.1, -0.05) is 12.1 Å². The monoisotopic (exact) mass is 293 g/mol. The summed E-state index contributed by atoms with van der Waals surface area (Å²) in [5, 5.41) is 10.6. The summed E-state index contributed by atoms with van der Waals surface area (Å²) in [7, 11) is 0. The number of benzene rings is 1. The maximum absolute atomic E-state index is 7.40. The average Bonchev–Trinajstić information content (AvgIpc) is 2.58. The molecule has 0 aliphatic rings. The number of hydrogen-bond acceptors (Lipinski definition) is 5. The van der Waals surface area contributed by atoms with Crippen LogP contribution in [0, 0.1) is 5.41 Å². The van der Waals surface area contributed by atoms with Gasteiger partial charge in [-0.25, -0.2) is 0 Å². The van der Waals surface area contributed by atoms with E-state index in [9.17, 15) is 0 Å². The largest absolute Gasteiger partial charge is 0.404 e. The summed E-state index contributed by atoms with van der Waals surface area (Å²) in [5.41, 5.74) is 15.6. The van der Waals surface area contributed by atoms with Crippen LogP contribution in [0.15, 0.2) is 55.1 Å². The van der Waals surface area contributed by atoms with E-state index in [0.717, 1.165) is 22.4 Å². The van der Waals surface area contributed by atoms with Crippen molar-refractivity contribution in [2.45, 2.75) is 6.54 Å². The minimum Gasteiger partial charge on any atom is -0.404 e. The van der Waals surface area contributed by atoms with E-state index in [4.69, 9.17) is 16.9 Å². The van der Waals surface area contributed by atoms with Gasteiger partial charge in [0.2, 0.25) is 0 Å². The lowest BCUT2D eigenvalue weighted by atomic mass is 10.0. The third kappa shape index (κ3) is 3.80. The fourth-order valence-electron chi connectivity index (χ4n) is 1.98. The highest BCUT2D eigenvalue weighted by atomic mass is 14.8. The van der Waals surface area contributed by atoms with Crippen LogP contribution in [0.2, 0.25) is 0 Å². The van der Waals surface area contributed by atoms with Crippen molar-refractivity contribution in [2.24, 2.45) is 11.5 Å². The molecule has 0 unspecified atom stereocenters. The molecule has 2 aromatic rings. The van der Waals surface area contributed by atoms with E-state index in [-0.39, 0.29) is 0 Å². The van der Waals surface area contributed by atoms with Gasteiger partial charge in [0, 0.05) is 54.4 Å². The molecule has 0 bridgehead atoms. The van der Waals surface area contributed by atoms with Crippen molar-refractivity contribution in [1.29, 1.82) is 5.41 Å². The van der Waals surface area contributed by atoms with Gasteiger partial charge in [-0.15, -0.1) is 0 Å². The first-order valence-corrected chi connectivity index (χ1v) is 6.87. The fraction of sp³-hybridized carbons (Fsp3) is 0.0588. The summed E-state index contributed by atoms with van der Waals surface area (Å²) in [6.45, 7) is 0.535. The zero-order valence-electron chi connectivity index (χ0n) is 12.2. The highest BCUT2D eigenvalue weighted by molar-refractivity contribution is 6.09. The number of nitrogens with two attached hydrogens (primary N) is 2. The second kappa shape index (κ2) is 7.75. The molecule has 0 radical (unpaired) electrons. The van der Waals surface area contributed by atoms with Gasteiger partial charge in [-0.2, -0.15) is 0 Å². The number of hydrogen-bond donors (Lipinski definition) is 4. The van der Waals surface area contributed by atoms with Crippen molar-refractivity contribution in [3.8, 4) is 0 Å². The normalized spacial score (nSPS) is 11.6. The average molecular weight is 293 g/mol. The van der Waals surface area contributed by atoms with E-state index < -0.39 is 0 Å². The van der Waals surface area contributed by atoms with E-state index >= 15 is 0 Å². The minimum absolute atomic E-state index is 0.535. The van der Waals surface area contributed by atoms with Gasteiger partial charge in [-0.05, 0) is 35.4 Å². The lowest BCUT2D eigenvalue weighted by Gasteiger charge is -2.06. The molecule has 112 valence electrons. The minimum atomic E-state index is 0.535. The van der Waals surface area contributed by atoms with Crippen LogP contribution >= 0.6 is 0 Å². The van der Waals surface area contributed by atoms with E-state index in [1.54, 1.807) is 12.4 Å². The topological polar surface area (TPSA) is 101 Å². The molecule has 0 aliphatic carbocycles. The van der Waals surface area contributed by atoms with Crippen LogP contribution in [0.4, 0.5) is 5.69 Å². The zero-order valence-corrected chi connectivity index (χ0v) is 12.2. The van der Waals surface area contributed by atoms with Gasteiger partial charge in [0.1, 0.15) is 0 Å². The highest BCUT2D eigenvalue weighted by Crippen LogP contribution is 2.17. The molecular weight excluding hydrogens is 274 g/mol. The molecular formula is C17H19N5. The van der Waals surface area contributed by atoms with Crippen molar-refractivity contribution >= 4 is 23.6 Å². The molecule has 0 spiro atoms. The molecule has 0 saturated heterocycles. The Balaban J connectivity index is 2.14. The van der Waals surface area contributed by atoms with Gasteiger partial charge in [0.05, 0.1) is 0 Å². The Morgan fingerprint density at radius 1 is 1.23 bits per heavy atom. The molecule has 1 aromatic heterocycles. The SMILES string of the molecule is N=CC(=CN)c1ccncc1/C=C/Nc1ccc(CN)cc1. The fourth-order valence-corrected chi connectivity index (χ4v) is 1.98. The molecule has 22 heavy (non-hydrogen) atoms. The Morgan fingerprint density at radius 2 is 2.00 bits per heavy atom. The number of pyridine rings is 1. The quantitative estimate of drug-likeness (QED) is 0.615. The second-order valence-corrected chi connectivity index (χ2v) is 4.61. The smallest absolute Gasteiger partial charge is 0.0379 e. The molecule has 1 heterocycles. The van der Waals surface area contributed by atoms with Crippen molar-refractivity contribution in [3.05, 3.63) is 71.8 Å². The first-order chi connectivity index (χ1) is 10.8. The Bertz CT molecular complexity index is 686. The standard InChI is InChI=1S/C17H19N5/c18-9-13-1-3-16(4-2-13)22-8-5-14-12-21-7-6-17(14)15(10-19)11-20/h1-8,10-12,19,22H,9,18,20H2/b8-5+,15-11?,19-10?. The third-order valence-corrected chi connectivity index (χ3v) is 3.20. The third-order valence-electron chi connectivity index (χ3n) is 3.20. The lowest BCUT2D eigenvalue weighted by Crippen LogP contribution is -1.96. The highest BCUT2D eigenvalue weighted by Gasteiger charge is 2.02. The van der Waals surface area contributed by atoms with Crippen LogP contribution in [-0.4, -0.2) is 11.2 Å². The molecule has 1 aromatic carbocycles. The van der Waals surface area contributed by atoms with Gasteiger partial charge in [0.25, 0.3) is 0 Å². The molecule has 5 heteroatoms. The first kappa shape index (κ1) is 15.5. The molecule has 5 nitrogen and oxygen atoms in total. The van der Waals surface area contributed by atoms with Gasteiger partial charge in [0.15, 0.2) is 0 Å². The molecule has 0 saturated carbocycles. The van der Waals surface area contributed by atoms with Crippen molar-refractivity contribution in [1.82, 2.24) is 4.98 Å². The van der Waals surface area contributed by atoms with Crippen LogP contribution in [0.5, 0.6) is 0 Å². The van der Waals surface area contributed by atoms with E-state index in [2.05, 4.69) is 10.3 Å². The number of allylic oxidation sites excluding steroid dienone is 1. The number of anilines is 1. The summed E-state index contributed by atoms with van der Waals surface area (Å²) >= 11 is 0. The number of nitrogens with zero attached hydrogens (tertiary/aromatic N) is 1. The van der Waals surface area contributed by atoms with Crippen LogP contribution in [0.3, 0.4) is 0 Å². The van der Waals surface area contributed by atoms with Crippen LogP contribution in [-0.2, 0) is 6.54 Å². The Hall–Kier alpha value is -2.92. The predicted molar refractivity (Wildman–Crippen MR) is 92.2 cm³/mol. The van der Waals surface area contributed by atoms with Gasteiger partial charge in [-0.3, -0.25) is 4.98 Å².